The SMILES string of the molecule is C.C.C.[CH2-]C.[CH2-]C.[CH3-].[CH3-].[CH3-].[CH3-].[CH3-].[CH3-].[CH3-].[CH3-].[CH3-].[CH3-].[CH3-].[CH3-].[CH3-].[CH3-].[CH3-].[CH3-].[CH3-].[Y].[Y].[Y].[Y].[Y].[Y].[Y].[Y].[Y].[Y].[Y].[Y].[Y].[Y]. The van der Waals surface area contributed by atoms with Crippen LogP contribution < -0.4 is 0 Å². The molecular weight excluding hydrogens is 1530 g/mol. The molecule has 0 atom stereocenters. The van der Waals surface area contributed by atoms with Crippen LogP contribution in [0.3, 0.4) is 0 Å². The average Bonchev–Trinajstić information content (AvgIpc) is 1.50. The Balaban J connectivity index is -0.0000000000327. The molecule has 0 nitrogen and oxygen atoms in total. The van der Waals surface area contributed by atoms with Crippen molar-refractivity contribution in [3.63, 3.8) is 0 Å². The number of rotatable bonds is 0. The van der Waals surface area contributed by atoms with E-state index in [0.717, 1.165) is 0 Å². The molecule has 0 aliphatic carbocycles. The van der Waals surface area contributed by atoms with Crippen molar-refractivity contribution in [1.82, 2.24) is 0 Å². The van der Waals surface area contributed by atoms with E-state index < -0.39 is 0 Å². The van der Waals surface area contributed by atoms with Crippen molar-refractivity contribution in [2.24, 2.45) is 0 Å². The third kappa shape index (κ3) is 548. The van der Waals surface area contributed by atoms with Gasteiger partial charge in [0.1, 0.15) is 0 Å². The molecule has 14 radical (unpaired) electrons. The fraction of sp³-hybridized carbons (Fsp3) is 0.208. The van der Waals surface area contributed by atoms with Gasteiger partial charge in [-0.05, 0) is 0 Å². The van der Waals surface area contributed by atoms with Crippen LogP contribution in [0, 0.1) is 140 Å². The molecule has 0 aromatic rings. The Morgan fingerprint density at radius 1 is 0.158 bits per heavy atom. The zero-order chi connectivity index (χ0) is 4.00. The van der Waals surface area contributed by atoms with Gasteiger partial charge in [-0.3, -0.25) is 0 Å². The molecule has 0 aromatic heterocycles. The van der Waals surface area contributed by atoms with Crippen LogP contribution in [0.2, 0.25) is 0 Å². The Morgan fingerprint density at radius 2 is 0.158 bits per heavy atom. The molecule has 0 saturated carbocycles. The predicted octanol–water partition coefficient (Wildman–Crippen LogP) is 11.2. The van der Waals surface area contributed by atoms with E-state index in [4.69, 9.17) is 0 Å². The molecule has 0 heterocycles. The van der Waals surface area contributed by atoms with Crippen LogP contribution in [0.25, 0.3) is 0 Å². The topological polar surface area (TPSA) is 0 Å². The molecule has 0 aliphatic heterocycles. The van der Waals surface area contributed by atoms with Crippen LogP contribution in [-0.2, 0) is 458 Å². The second kappa shape index (κ2) is 581. The van der Waals surface area contributed by atoms with Crippen LogP contribution in [0.4, 0.5) is 0 Å². The Labute approximate surface area is 616 Å². The van der Waals surface area contributed by atoms with Crippen LogP contribution in [0.5, 0.6) is 0 Å². The second-order valence-corrected chi connectivity index (χ2v) is 0. The van der Waals surface area contributed by atoms with Crippen LogP contribution in [0.1, 0.15) is 36.1 Å². The molecule has 0 amide bonds. The molecule has 0 aromatic carbocycles. The summed E-state index contributed by atoms with van der Waals surface area (Å²) < 4.78 is 0. The van der Waals surface area contributed by atoms with E-state index >= 15 is 0 Å². The molecule has 0 spiro atoms. The van der Waals surface area contributed by atoms with Gasteiger partial charge < -0.3 is 140 Å². The van der Waals surface area contributed by atoms with Gasteiger partial charge in [-0.1, -0.05) is 22.3 Å². The van der Waals surface area contributed by atoms with Gasteiger partial charge >= 0.3 is 0 Å². The molecule has 0 bridgehead atoms. The Morgan fingerprint density at radius 3 is 0.158 bits per heavy atom. The summed E-state index contributed by atoms with van der Waals surface area (Å²) in [4.78, 5) is 0. The molecule has 0 fully saturated rings. The van der Waals surface area contributed by atoms with Crippen molar-refractivity contribution in [1.29, 1.82) is 0 Å². The van der Waals surface area contributed by atoms with Gasteiger partial charge in [0.2, 0.25) is 0 Å². The van der Waals surface area contributed by atoms with E-state index in [1.807, 2.05) is 0 Å². The maximum absolute atomic E-state index is 3.25. The molecule has 0 rings (SSSR count). The summed E-state index contributed by atoms with van der Waals surface area (Å²) in [6, 6.07) is 0. The first-order valence-corrected chi connectivity index (χ1v) is 1.41. The first-order valence-electron chi connectivity index (χ1n) is 1.41. The zero-order valence-corrected chi connectivity index (χ0v) is 68.2. The number of hydrogen-bond acceptors (Lipinski definition) is 0. The van der Waals surface area contributed by atoms with Crippen LogP contribution >= 0.6 is 0 Å². The molecule has 0 unspecified atom stereocenters. The third-order valence-electron chi connectivity index (χ3n) is 0. The van der Waals surface area contributed by atoms with E-state index in [9.17, 15) is 0 Å². The molecule has 0 saturated heterocycles. The second-order valence-electron chi connectivity index (χ2n) is 0. The molecular formula is C24H73Y14-19. The predicted molar refractivity (Wildman–Crippen MR) is 151 cm³/mol. The summed E-state index contributed by atoms with van der Waals surface area (Å²) in [7, 11) is 0. The van der Waals surface area contributed by atoms with Crippen molar-refractivity contribution in [3.05, 3.63) is 140 Å². The fourth-order valence-electron chi connectivity index (χ4n) is 0. The minimum atomic E-state index is 0. The van der Waals surface area contributed by atoms with Gasteiger partial charge in [0.25, 0.3) is 0 Å². The smallest absolute Gasteiger partial charge is 0 e. The van der Waals surface area contributed by atoms with Crippen molar-refractivity contribution in [2.75, 3.05) is 0 Å². The van der Waals surface area contributed by atoms with E-state index in [2.05, 4.69) is 13.8 Å². The minimum Gasteiger partial charge on any atom is -0.358 e. The van der Waals surface area contributed by atoms with Gasteiger partial charge in [0, 0.05) is 458 Å². The van der Waals surface area contributed by atoms with E-state index in [1.54, 1.807) is 13.8 Å². The summed E-state index contributed by atoms with van der Waals surface area (Å²) >= 11 is 0. The van der Waals surface area contributed by atoms with Crippen molar-refractivity contribution < 1.29 is 458 Å². The van der Waals surface area contributed by atoms with Crippen molar-refractivity contribution in [3.8, 4) is 0 Å². The molecule has 230 valence electrons. The standard InChI is InChI=1S/2C2H5.3CH4.17CH3.14Y/c2*1-2;;;;;;;;;;;;;;;;;;;;;;;;;;;;;;;;;;/h2*1H2,2H3;3*1H4;17*1H3;;;;;;;;;;;;;;/q2*-1;;;;17*-1;;;;;;;;;;;;;;. The summed E-state index contributed by atoms with van der Waals surface area (Å²) in [6.45, 7) is 10.0. The first-order chi connectivity index (χ1) is 2.00. The van der Waals surface area contributed by atoms with Gasteiger partial charge in [0.15, 0.2) is 0 Å². The average molecular weight is 1610 g/mol. The maximum atomic E-state index is 3.25. The molecule has 38 heavy (non-hydrogen) atoms. The third-order valence-corrected chi connectivity index (χ3v) is 0. The van der Waals surface area contributed by atoms with Crippen LogP contribution in [-0.4, -0.2) is 0 Å². The zero-order valence-electron chi connectivity index (χ0n) is 28.5. The van der Waals surface area contributed by atoms with Gasteiger partial charge in [-0.2, -0.15) is 13.8 Å². The molecule has 0 aliphatic rings. The summed E-state index contributed by atoms with van der Waals surface area (Å²) in [5.41, 5.74) is 0. The minimum absolute atomic E-state index is 0. The Hall–Kier alpha value is 15.5. The van der Waals surface area contributed by atoms with E-state index in [-0.39, 0.29) is 606 Å². The largest absolute Gasteiger partial charge is 0.358 e. The summed E-state index contributed by atoms with van der Waals surface area (Å²) in [6.07, 6.45) is 0. The van der Waals surface area contributed by atoms with Crippen molar-refractivity contribution >= 4 is 0 Å². The van der Waals surface area contributed by atoms with E-state index in [1.165, 1.54) is 0 Å². The van der Waals surface area contributed by atoms with Gasteiger partial charge in [-0.25, -0.2) is 0 Å². The van der Waals surface area contributed by atoms with Gasteiger partial charge in [-0.15, -0.1) is 0 Å². The van der Waals surface area contributed by atoms with Crippen molar-refractivity contribution in [2.45, 2.75) is 36.1 Å². The monoisotopic (exact) mass is 1610 g/mol. The summed E-state index contributed by atoms with van der Waals surface area (Å²) in [5, 5.41) is 0. The number of hydrogen-bond donors (Lipinski definition) is 0. The van der Waals surface area contributed by atoms with E-state index in [0.29, 0.717) is 0 Å². The normalized spacial score (nSPS) is 0.316. The first kappa shape index (κ1) is 483. The van der Waals surface area contributed by atoms with Crippen LogP contribution in [0.15, 0.2) is 0 Å². The molecule has 14 heteroatoms. The quantitative estimate of drug-likeness (QED) is 0.212. The maximum Gasteiger partial charge on any atom is 0 e. The summed E-state index contributed by atoms with van der Waals surface area (Å²) in [5.74, 6) is 0. The Kier molecular flexibility index (Phi) is 7390. The Bertz CT molecular complexity index is 36.1. The molecule has 0 N–H and O–H groups in total. The fourth-order valence-corrected chi connectivity index (χ4v) is 0. The van der Waals surface area contributed by atoms with Gasteiger partial charge in [0.05, 0.1) is 0 Å².